The molecule has 0 aliphatic heterocycles. The van der Waals surface area contributed by atoms with Crippen LogP contribution in [0.15, 0.2) is 84.9 Å². The van der Waals surface area contributed by atoms with Crippen molar-refractivity contribution in [1.29, 1.82) is 0 Å². The number of anilines is 1. The number of hydrogen-bond acceptors (Lipinski definition) is 2. The maximum absolute atomic E-state index is 13.3. The highest BCUT2D eigenvalue weighted by atomic mass is 16.2. The molecule has 33 heavy (non-hydrogen) atoms. The van der Waals surface area contributed by atoms with Crippen LogP contribution in [0.5, 0.6) is 0 Å². The molecule has 0 unspecified atom stereocenters. The summed E-state index contributed by atoms with van der Waals surface area (Å²) in [5, 5.41) is 3.02. The van der Waals surface area contributed by atoms with Gasteiger partial charge in [0.25, 0.3) is 5.91 Å². The molecule has 4 rings (SSSR count). The van der Waals surface area contributed by atoms with Crippen molar-refractivity contribution in [3.63, 3.8) is 0 Å². The maximum Gasteiger partial charge on any atom is 0.251 e. The van der Waals surface area contributed by atoms with E-state index in [0.29, 0.717) is 18.9 Å². The highest BCUT2D eigenvalue weighted by Gasteiger charge is 2.21. The van der Waals surface area contributed by atoms with E-state index < -0.39 is 0 Å². The molecule has 3 aromatic rings. The molecule has 1 aliphatic carbocycles. The van der Waals surface area contributed by atoms with Gasteiger partial charge in [0.05, 0.1) is 13.0 Å². The normalized spacial score (nSPS) is 13.1. The third-order valence-electron chi connectivity index (χ3n) is 5.82. The van der Waals surface area contributed by atoms with Gasteiger partial charge in [-0.2, -0.15) is 0 Å². The van der Waals surface area contributed by atoms with Gasteiger partial charge in [0.15, 0.2) is 0 Å². The van der Waals surface area contributed by atoms with E-state index in [9.17, 15) is 9.59 Å². The zero-order valence-electron chi connectivity index (χ0n) is 19.0. The third kappa shape index (κ3) is 6.91. The van der Waals surface area contributed by atoms with Crippen LogP contribution in [0.2, 0.25) is 0 Å². The molecule has 168 valence electrons. The summed E-state index contributed by atoms with van der Waals surface area (Å²) in [6, 6.07) is 25.7. The van der Waals surface area contributed by atoms with Crippen LogP contribution in [0.25, 0.3) is 6.08 Å². The van der Waals surface area contributed by atoms with Crippen LogP contribution in [0.3, 0.4) is 0 Å². The second-order valence-corrected chi connectivity index (χ2v) is 8.75. The standard InChI is InChI=1S/C29H30N2O2/c1-22-10-12-25(13-11-22)21-31(29(33)17-16-23-6-3-2-4-7-23)27-9-5-8-26(18-27)19-28(32)30-20-24-14-15-24/h2-13,16-18,24H,14-15,19-21H2,1H3,(H,30,32). The second kappa shape index (κ2) is 10.8. The maximum atomic E-state index is 13.3. The summed E-state index contributed by atoms with van der Waals surface area (Å²) < 4.78 is 0. The molecule has 2 amide bonds. The van der Waals surface area contributed by atoms with Gasteiger partial charge in [0, 0.05) is 18.3 Å². The molecule has 1 N–H and O–H groups in total. The Morgan fingerprint density at radius 2 is 1.70 bits per heavy atom. The molecular formula is C29H30N2O2. The number of rotatable bonds is 9. The Bertz CT molecular complexity index is 1120. The first-order chi connectivity index (χ1) is 16.1. The molecule has 0 radical (unpaired) electrons. The van der Waals surface area contributed by atoms with E-state index in [2.05, 4.69) is 17.4 Å². The van der Waals surface area contributed by atoms with Crippen LogP contribution in [-0.2, 0) is 22.6 Å². The van der Waals surface area contributed by atoms with Crippen LogP contribution < -0.4 is 10.2 Å². The van der Waals surface area contributed by atoms with E-state index in [1.807, 2.05) is 79.7 Å². The Morgan fingerprint density at radius 3 is 2.42 bits per heavy atom. The van der Waals surface area contributed by atoms with Gasteiger partial charge in [-0.1, -0.05) is 72.3 Å². The lowest BCUT2D eigenvalue weighted by Crippen LogP contribution is -2.29. The summed E-state index contributed by atoms with van der Waals surface area (Å²) in [6.45, 7) is 3.27. The highest BCUT2D eigenvalue weighted by Crippen LogP contribution is 2.27. The van der Waals surface area contributed by atoms with Crippen molar-refractivity contribution in [2.24, 2.45) is 5.92 Å². The summed E-state index contributed by atoms with van der Waals surface area (Å²) in [7, 11) is 0. The first kappa shape index (κ1) is 22.5. The number of carbonyl (C=O) groups excluding carboxylic acids is 2. The van der Waals surface area contributed by atoms with E-state index >= 15 is 0 Å². The van der Waals surface area contributed by atoms with Gasteiger partial charge in [0.2, 0.25) is 5.91 Å². The third-order valence-corrected chi connectivity index (χ3v) is 5.82. The zero-order chi connectivity index (χ0) is 23.0. The average molecular weight is 439 g/mol. The van der Waals surface area contributed by atoms with Gasteiger partial charge in [-0.3, -0.25) is 9.59 Å². The van der Waals surface area contributed by atoms with Crippen molar-refractivity contribution in [3.8, 4) is 0 Å². The Balaban J connectivity index is 1.53. The number of carbonyl (C=O) groups is 2. The van der Waals surface area contributed by atoms with Crippen molar-refractivity contribution in [2.45, 2.75) is 32.7 Å². The van der Waals surface area contributed by atoms with Crippen molar-refractivity contribution in [3.05, 3.63) is 107 Å². The molecule has 3 aromatic carbocycles. The molecule has 4 heteroatoms. The number of benzene rings is 3. The monoisotopic (exact) mass is 438 g/mol. The zero-order valence-corrected chi connectivity index (χ0v) is 19.0. The molecule has 1 saturated carbocycles. The summed E-state index contributed by atoms with van der Waals surface area (Å²) in [5.41, 5.74) is 4.89. The van der Waals surface area contributed by atoms with E-state index in [1.54, 1.807) is 11.0 Å². The van der Waals surface area contributed by atoms with Gasteiger partial charge < -0.3 is 10.2 Å². The van der Waals surface area contributed by atoms with Crippen LogP contribution in [-0.4, -0.2) is 18.4 Å². The minimum absolute atomic E-state index is 0.0273. The summed E-state index contributed by atoms with van der Waals surface area (Å²) in [6.07, 6.45) is 6.18. The fraction of sp³-hybridized carbons (Fsp3) is 0.241. The Hall–Kier alpha value is -3.66. The first-order valence-corrected chi connectivity index (χ1v) is 11.5. The van der Waals surface area contributed by atoms with E-state index in [-0.39, 0.29) is 11.8 Å². The van der Waals surface area contributed by atoms with E-state index in [1.165, 1.54) is 18.4 Å². The average Bonchev–Trinajstić information content (AvgIpc) is 3.66. The number of nitrogens with one attached hydrogen (secondary N) is 1. The molecule has 0 spiro atoms. The van der Waals surface area contributed by atoms with Crippen molar-refractivity contribution in [2.75, 3.05) is 11.4 Å². The highest BCUT2D eigenvalue weighted by molar-refractivity contribution is 6.03. The van der Waals surface area contributed by atoms with Gasteiger partial charge in [-0.15, -0.1) is 0 Å². The minimum Gasteiger partial charge on any atom is -0.356 e. The fourth-order valence-electron chi connectivity index (χ4n) is 3.66. The van der Waals surface area contributed by atoms with Gasteiger partial charge in [-0.05, 0) is 60.6 Å². The minimum atomic E-state index is -0.102. The van der Waals surface area contributed by atoms with Crippen molar-refractivity contribution >= 4 is 23.6 Å². The lowest BCUT2D eigenvalue weighted by molar-refractivity contribution is -0.120. The molecule has 1 fully saturated rings. The number of aryl methyl sites for hydroxylation is 1. The topological polar surface area (TPSA) is 49.4 Å². The van der Waals surface area contributed by atoms with Gasteiger partial charge >= 0.3 is 0 Å². The molecule has 0 saturated heterocycles. The molecular weight excluding hydrogens is 408 g/mol. The molecule has 0 bridgehead atoms. The predicted octanol–water partition coefficient (Wildman–Crippen LogP) is 5.31. The predicted molar refractivity (Wildman–Crippen MR) is 134 cm³/mol. The van der Waals surface area contributed by atoms with Gasteiger partial charge in [0.1, 0.15) is 0 Å². The molecule has 0 atom stereocenters. The van der Waals surface area contributed by atoms with Crippen LogP contribution in [0.4, 0.5) is 5.69 Å². The Kier molecular flexibility index (Phi) is 7.36. The lowest BCUT2D eigenvalue weighted by Gasteiger charge is -2.22. The lowest BCUT2D eigenvalue weighted by atomic mass is 10.1. The largest absolute Gasteiger partial charge is 0.356 e. The Morgan fingerprint density at radius 1 is 0.939 bits per heavy atom. The summed E-state index contributed by atoms with van der Waals surface area (Å²) >= 11 is 0. The SMILES string of the molecule is Cc1ccc(CN(C(=O)C=Cc2ccccc2)c2cccc(CC(=O)NCC3CC3)c2)cc1. The van der Waals surface area contributed by atoms with E-state index in [0.717, 1.165) is 28.9 Å². The van der Waals surface area contributed by atoms with Crippen LogP contribution in [0.1, 0.15) is 35.1 Å². The second-order valence-electron chi connectivity index (χ2n) is 8.75. The Labute approximate surface area is 195 Å². The summed E-state index contributed by atoms with van der Waals surface area (Å²) in [5.74, 6) is 0.577. The molecule has 4 nitrogen and oxygen atoms in total. The summed E-state index contributed by atoms with van der Waals surface area (Å²) in [4.78, 5) is 27.4. The molecule has 0 heterocycles. The molecule has 1 aliphatic rings. The number of hydrogen-bond donors (Lipinski definition) is 1. The molecule has 0 aromatic heterocycles. The van der Waals surface area contributed by atoms with Crippen LogP contribution in [0, 0.1) is 12.8 Å². The van der Waals surface area contributed by atoms with E-state index in [4.69, 9.17) is 0 Å². The van der Waals surface area contributed by atoms with Crippen LogP contribution >= 0.6 is 0 Å². The fourth-order valence-corrected chi connectivity index (χ4v) is 3.66. The van der Waals surface area contributed by atoms with Crippen molar-refractivity contribution in [1.82, 2.24) is 5.32 Å². The number of nitrogens with zero attached hydrogens (tertiary/aromatic N) is 1. The van der Waals surface area contributed by atoms with Gasteiger partial charge in [-0.25, -0.2) is 0 Å². The number of amides is 2. The smallest absolute Gasteiger partial charge is 0.251 e. The first-order valence-electron chi connectivity index (χ1n) is 11.5. The van der Waals surface area contributed by atoms with Crippen molar-refractivity contribution < 1.29 is 9.59 Å². The quantitative estimate of drug-likeness (QED) is 0.460.